The number of rotatable bonds is 18. The highest BCUT2D eigenvalue weighted by Crippen LogP contribution is 2.16. The maximum atomic E-state index is 12.5. The zero-order chi connectivity index (χ0) is 24.2. The van der Waals surface area contributed by atoms with Gasteiger partial charge in [0, 0.05) is 12.8 Å². The predicted octanol–water partition coefficient (Wildman–Crippen LogP) is 9.81. The number of carbonyl (C=O) groups is 1. The number of hydrogen-bond donors (Lipinski definition) is 0. The average Bonchev–Trinajstić information content (AvgIpc) is 2.70. The van der Waals surface area contributed by atoms with Gasteiger partial charge in [-0.2, -0.15) is 0 Å². The molecular formula is C30H52O2. The van der Waals surface area contributed by atoms with Gasteiger partial charge in [-0.1, -0.05) is 86.0 Å². The van der Waals surface area contributed by atoms with Gasteiger partial charge >= 0.3 is 5.97 Å². The molecule has 0 aliphatic rings. The van der Waals surface area contributed by atoms with Crippen molar-refractivity contribution in [3.63, 3.8) is 0 Å². The summed E-state index contributed by atoms with van der Waals surface area (Å²) in [5.41, 5.74) is 5.38. The van der Waals surface area contributed by atoms with E-state index in [0.717, 1.165) is 44.9 Å². The minimum Gasteiger partial charge on any atom is -0.458 e. The Kier molecular flexibility index (Phi) is 19.1. The molecule has 0 aliphatic carbocycles. The Balaban J connectivity index is 4.74. The molecule has 2 heteroatoms. The van der Waals surface area contributed by atoms with E-state index in [1.807, 2.05) is 0 Å². The first-order valence-corrected chi connectivity index (χ1v) is 13.0. The van der Waals surface area contributed by atoms with E-state index in [2.05, 4.69) is 72.8 Å². The summed E-state index contributed by atoms with van der Waals surface area (Å²) in [6.45, 7) is 15.1. The Labute approximate surface area is 200 Å². The fourth-order valence-corrected chi connectivity index (χ4v) is 3.60. The van der Waals surface area contributed by atoms with Crippen molar-refractivity contribution in [1.29, 1.82) is 0 Å². The third kappa shape index (κ3) is 20.3. The second kappa shape index (κ2) is 20.1. The van der Waals surface area contributed by atoms with E-state index < -0.39 is 0 Å². The van der Waals surface area contributed by atoms with E-state index in [1.165, 1.54) is 54.4 Å². The van der Waals surface area contributed by atoms with Crippen molar-refractivity contribution in [3.8, 4) is 0 Å². The molecule has 0 rings (SSSR count). The first kappa shape index (κ1) is 30.4. The lowest BCUT2D eigenvalue weighted by Gasteiger charge is -2.15. The van der Waals surface area contributed by atoms with Gasteiger partial charge < -0.3 is 4.74 Å². The highest BCUT2D eigenvalue weighted by Gasteiger charge is 2.12. The minimum absolute atomic E-state index is 0.0486. The summed E-state index contributed by atoms with van der Waals surface area (Å²) >= 11 is 0. The minimum atomic E-state index is -0.155. The highest BCUT2D eigenvalue weighted by atomic mass is 16.5. The van der Waals surface area contributed by atoms with Gasteiger partial charge in [-0.3, -0.25) is 4.79 Å². The monoisotopic (exact) mass is 444 g/mol. The third-order valence-electron chi connectivity index (χ3n) is 5.62. The topological polar surface area (TPSA) is 26.3 Å². The second-order valence-corrected chi connectivity index (χ2v) is 9.84. The zero-order valence-electron chi connectivity index (χ0n) is 22.4. The average molecular weight is 445 g/mol. The van der Waals surface area contributed by atoms with Crippen molar-refractivity contribution >= 4 is 5.97 Å². The molecule has 1 unspecified atom stereocenters. The molecule has 0 fully saturated rings. The smallest absolute Gasteiger partial charge is 0.306 e. The van der Waals surface area contributed by atoms with E-state index in [0.29, 0.717) is 6.42 Å². The van der Waals surface area contributed by atoms with Gasteiger partial charge in [0.2, 0.25) is 0 Å². The molecule has 0 aromatic carbocycles. The quantitative estimate of drug-likeness (QED) is 0.119. The van der Waals surface area contributed by atoms with Crippen molar-refractivity contribution in [2.75, 3.05) is 0 Å². The summed E-state index contributed by atoms with van der Waals surface area (Å²) in [6.07, 6.45) is 22.8. The van der Waals surface area contributed by atoms with Gasteiger partial charge in [-0.05, 0) is 79.7 Å². The van der Waals surface area contributed by atoms with E-state index in [-0.39, 0.29) is 12.1 Å². The van der Waals surface area contributed by atoms with E-state index in [1.54, 1.807) is 0 Å². The molecule has 32 heavy (non-hydrogen) atoms. The lowest BCUT2D eigenvalue weighted by molar-refractivity contribution is -0.146. The maximum Gasteiger partial charge on any atom is 0.306 e. The highest BCUT2D eigenvalue weighted by molar-refractivity contribution is 5.69. The van der Waals surface area contributed by atoms with Crippen LogP contribution in [0.25, 0.3) is 0 Å². The van der Waals surface area contributed by atoms with Crippen LogP contribution in [-0.2, 0) is 9.53 Å². The van der Waals surface area contributed by atoms with Crippen LogP contribution in [0.3, 0.4) is 0 Å². The molecule has 184 valence electrons. The Morgan fingerprint density at radius 2 is 1.22 bits per heavy atom. The van der Waals surface area contributed by atoms with Gasteiger partial charge in [0.05, 0.1) is 0 Å². The first-order valence-electron chi connectivity index (χ1n) is 13.0. The summed E-state index contributed by atoms with van der Waals surface area (Å²) in [7, 11) is 0. The number of esters is 1. The molecule has 0 aromatic heterocycles. The van der Waals surface area contributed by atoms with E-state index in [4.69, 9.17) is 4.74 Å². The number of ether oxygens (including phenoxy) is 1. The van der Waals surface area contributed by atoms with Gasteiger partial charge in [-0.15, -0.1) is 0 Å². The summed E-state index contributed by atoms with van der Waals surface area (Å²) in [4.78, 5) is 12.5. The van der Waals surface area contributed by atoms with Crippen LogP contribution in [0.2, 0.25) is 0 Å². The number of carbonyl (C=O) groups excluding carboxylic acids is 1. The molecule has 0 amide bonds. The maximum absolute atomic E-state index is 12.5. The van der Waals surface area contributed by atoms with Crippen LogP contribution in [0.1, 0.15) is 132 Å². The molecule has 0 radical (unpaired) electrons. The normalized spacial score (nSPS) is 13.0. The molecular weight excluding hydrogens is 392 g/mol. The molecule has 0 N–H and O–H groups in total. The van der Waals surface area contributed by atoms with Crippen LogP contribution in [0.15, 0.2) is 46.6 Å². The van der Waals surface area contributed by atoms with Crippen LogP contribution in [0.4, 0.5) is 0 Å². The summed E-state index contributed by atoms with van der Waals surface area (Å²) in [6, 6.07) is 0. The second-order valence-electron chi connectivity index (χ2n) is 9.84. The van der Waals surface area contributed by atoms with Crippen LogP contribution in [-0.4, -0.2) is 12.1 Å². The Bertz CT molecular complexity index is 611. The van der Waals surface area contributed by atoms with Crippen molar-refractivity contribution in [2.24, 2.45) is 0 Å². The molecule has 0 saturated heterocycles. The van der Waals surface area contributed by atoms with Crippen molar-refractivity contribution in [3.05, 3.63) is 46.6 Å². The lowest BCUT2D eigenvalue weighted by atomic mass is 10.0. The third-order valence-corrected chi connectivity index (χ3v) is 5.62. The molecule has 0 bridgehead atoms. The molecule has 0 aromatic rings. The molecule has 0 aliphatic heterocycles. The van der Waals surface area contributed by atoms with Crippen molar-refractivity contribution in [2.45, 2.75) is 138 Å². The summed E-state index contributed by atoms with van der Waals surface area (Å²) < 4.78 is 5.90. The van der Waals surface area contributed by atoms with E-state index >= 15 is 0 Å². The van der Waals surface area contributed by atoms with Crippen molar-refractivity contribution in [1.82, 2.24) is 0 Å². The van der Waals surface area contributed by atoms with Gasteiger partial charge in [0.15, 0.2) is 0 Å². The predicted molar refractivity (Wildman–Crippen MR) is 142 cm³/mol. The number of allylic oxidation sites excluding steroid dienone is 6. The standard InChI is InChI=1S/C30H52O2/c1-8-9-10-11-12-13-14-21-30(31)32-29(24-28(7)20-16-18-26(4)5)23-22-27(6)19-15-17-25(2)3/h17-18,22,24,29H,8-16,19-21,23H2,1-7H3. The summed E-state index contributed by atoms with van der Waals surface area (Å²) in [5, 5.41) is 0. The molecule has 1 atom stereocenters. The first-order chi connectivity index (χ1) is 15.2. The van der Waals surface area contributed by atoms with Crippen molar-refractivity contribution < 1.29 is 9.53 Å². The largest absolute Gasteiger partial charge is 0.458 e. The lowest BCUT2D eigenvalue weighted by Crippen LogP contribution is -2.16. The van der Waals surface area contributed by atoms with Crippen LogP contribution in [0.5, 0.6) is 0 Å². The molecule has 0 heterocycles. The van der Waals surface area contributed by atoms with Gasteiger partial charge in [0.1, 0.15) is 6.10 Å². The van der Waals surface area contributed by atoms with Gasteiger partial charge in [-0.25, -0.2) is 0 Å². The fraction of sp³-hybridized carbons (Fsp3) is 0.700. The van der Waals surface area contributed by atoms with E-state index in [9.17, 15) is 4.79 Å². The van der Waals surface area contributed by atoms with Crippen LogP contribution in [0, 0.1) is 0 Å². The number of hydrogen-bond acceptors (Lipinski definition) is 2. The Morgan fingerprint density at radius 3 is 1.78 bits per heavy atom. The fourth-order valence-electron chi connectivity index (χ4n) is 3.60. The SMILES string of the molecule is CCCCCCCCCC(=O)OC(C=C(C)CCC=C(C)C)CC=C(C)CCC=C(C)C. The molecule has 0 saturated carbocycles. The molecule has 0 spiro atoms. The summed E-state index contributed by atoms with van der Waals surface area (Å²) in [5.74, 6) is -0.0486. The zero-order valence-corrected chi connectivity index (χ0v) is 22.4. The Hall–Kier alpha value is -1.57. The van der Waals surface area contributed by atoms with Crippen LogP contribution >= 0.6 is 0 Å². The van der Waals surface area contributed by atoms with Crippen LogP contribution < -0.4 is 0 Å². The molecule has 2 nitrogen and oxygen atoms in total. The Morgan fingerprint density at radius 1 is 0.688 bits per heavy atom. The number of unbranched alkanes of at least 4 members (excludes halogenated alkanes) is 6. The van der Waals surface area contributed by atoms with Gasteiger partial charge in [0.25, 0.3) is 0 Å².